The van der Waals surface area contributed by atoms with Crippen LogP contribution in [0.4, 0.5) is 4.39 Å². The lowest BCUT2D eigenvalue weighted by atomic mass is 10.3. The minimum Gasteiger partial charge on any atom is -0.326 e. The van der Waals surface area contributed by atoms with Crippen molar-refractivity contribution in [2.24, 2.45) is 5.73 Å². The first kappa shape index (κ1) is 18.7. The lowest BCUT2D eigenvalue weighted by Crippen LogP contribution is -2.02. The first-order valence-corrected chi connectivity index (χ1v) is 8.61. The van der Waals surface area contributed by atoms with Crippen molar-refractivity contribution in [3.8, 4) is 0 Å². The Kier molecular flexibility index (Phi) is 6.22. The van der Waals surface area contributed by atoms with E-state index in [9.17, 15) is 9.18 Å². The zero-order valence-corrected chi connectivity index (χ0v) is 15.1. The maximum atomic E-state index is 13.4. The molecule has 3 heterocycles. The number of pyridine rings is 1. The molecule has 9 heteroatoms. The van der Waals surface area contributed by atoms with Gasteiger partial charge in [-0.15, -0.1) is 23.7 Å². The van der Waals surface area contributed by atoms with Gasteiger partial charge in [0.15, 0.2) is 11.4 Å². The van der Waals surface area contributed by atoms with E-state index in [1.54, 1.807) is 13.0 Å². The summed E-state index contributed by atoms with van der Waals surface area (Å²) in [5, 5.41) is 1.07. The number of nitrogens with two attached hydrogens (primary N) is 1. The molecular formula is C15H14ClFN4OS2. The van der Waals surface area contributed by atoms with Crippen molar-refractivity contribution in [2.75, 3.05) is 5.75 Å². The molecule has 0 fully saturated rings. The highest BCUT2D eigenvalue weighted by Crippen LogP contribution is 2.26. The Morgan fingerprint density at radius 3 is 2.88 bits per heavy atom. The van der Waals surface area contributed by atoms with Crippen molar-refractivity contribution >= 4 is 52.3 Å². The van der Waals surface area contributed by atoms with Gasteiger partial charge in [-0.1, -0.05) is 11.8 Å². The van der Waals surface area contributed by atoms with Crippen molar-refractivity contribution in [3.63, 3.8) is 0 Å². The highest BCUT2D eigenvalue weighted by atomic mass is 35.5. The van der Waals surface area contributed by atoms with E-state index in [1.807, 2.05) is 6.07 Å². The number of fused-ring (bicyclic) bond motifs is 1. The van der Waals surface area contributed by atoms with Gasteiger partial charge in [0.1, 0.15) is 16.7 Å². The second-order valence-corrected chi connectivity index (χ2v) is 6.91. The van der Waals surface area contributed by atoms with Crippen LogP contribution in [0.15, 0.2) is 29.4 Å². The minimum atomic E-state index is -0.455. The van der Waals surface area contributed by atoms with Crippen molar-refractivity contribution in [2.45, 2.75) is 18.5 Å². The molecule has 0 bridgehead atoms. The fourth-order valence-corrected chi connectivity index (χ4v) is 3.86. The quantitative estimate of drug-likeness (QED) is 0.412. The molecule has 0 radical (unpaired) electrons. The van der Waals surface area contributed by atoms with E-state index in [2.05, 4.69) is 15.0 Å². The van der Waals surface area contributed by atoms with Crippen LogP contribution in [0.1, 0.15) is 20.4 Å². The monoisotopic (exact) mass is 384 g/mol. The molecular weight excluding hydrogens is 371 g/mol. The Bertz CT molecular complexity index is 887. The summed E-state index contributed by atoms with van der Waals surface area (Å²) in [5.41, 5.74) is 5.98. The highest BCUT2D eigenvalue weighted by molar-refractivity contribution is 8.00. The van der Waals surface area contributed by atoms with Crippen molar-refractivity contribution in [1.82, 2.24) is 15.0 Å². The molecule has 0 spiro atoms. The van der Waals surface area contributed by atoms with Gasteiger partial charge in [-0.25, -0.2) is 19.3 Å². The third-order valence-corrected chi connectivity index (χ3v) is 5.21. The van der Waals surface area contributed by atoms with Crippen LogP contribution in [-0.2, 0) is 6.54 Å². The van der Waals surface area contributed by atoms with Gasteiger partial charge in [0.25, 0.3) is 0 Å². The maximum absolute atomic E-state index is 13.4. The number of hydrogen-bond donors (Lipinski definition) is 1. The van der Waals surface area contributed by atoms with Crippen LogP contribution in [0.2, 0.25) is 0 Å². The molecule has 3 aromatic rings. The number of thiophene rings is 1. The van der Waals surface area contributed by atoms with Gasteiger partial charge in [0.2, 0.25) is 0 Å². The third-order valence-electron chi connectivity index (χ3n) is 3.07. The van der Waals surface area contributed by atoms with Crippen molar-refractivity contribution < 1.29 is 9.18 Å². The second kappa shape index (κ2) is 7.98. The molecule has 0 saturated heterocycles. The number of Topliss-reactive ketones (excluding diaryl/α,β-unsaturated/α-hetero) is 1. The fraction of sp³-hybridized carbons (Fsp3) is 0.200. The Labute approximate surface area is 152 Å². The first-order valence-electron chi connectivity index (χ1n) is 6.81. The van der Waals surface area contributed by atoms with Gasteiger partial charge in [-0.05, 0) is 25.1 Å². The molecule has 0 aromatic carbocycles. The number of carbonyl (C=O) groups is 1. The molecule has 0 atom stereocenters. The molecule has 126 valence electrons. The number of ketones is 1. The van der Waals surface area contributed by atoms with E-state index in [0.717, 1.165) is 11.1 Å². The molecule has 0 saturated carbocycles. The highest BCUT2D eigenvalue weighted by Gasteiger charge is 2.13. The molecule has 0 amide bonds. The zero-order valence-electron chi connectivity index (χ0n) is 12.7. The average Bonchev–Trinajstić information content (AvgIpc) is 3.02. The lowest BCUT2D eigenvalue weighted by Gasteiger charge is -2.05. The lowest BCUT2D eigenvalue weighted by molar-refractivity contribution is 0.102. The maximum Gasteiger partial charge on any atom is 0.183 e. The molecule has 2 N–H and O–H groups in total. The summed E-state index contributed by atoms with van der Waals surface area (Å²) < 4.78 is 13.4. The summed E-state index contributed by atoms with van der Waals surface area (Å²) in [6.07, 6.45) is 1.12. The first-order chi connectivity index (χ1) is 11.1. The summed E-state index contributed by atoms with van der Waals surface area (Å²) >= 11 is 2.65. The van der Waals surface area contributed by atoms with Gasteiger partial charge < -0.3 is 5.73 Å². The number of aryl methyl sites for hydroxylation is 1. The van der Waals surface area contributed by atoms with E-state index in [-0.39, 0.29) is 23.9 Å². The molecule has 3 rings (SSSR count). The Hall–Kier alpha value is -1.61. The van der Waals surface area contributed by atoms with E-state index < -0.39 is 5.82 Å². The van der Waals surface area contributed by atoms with Crippen LogP contribution in [-0.4, -0.2) is 26.5 Å². The Morgan fingerprint density at radius 2 is 2.17 bits per heavy atom. The normalized spacial score (nSPS) is 10.6. The van der Waals surface area contributed by atoms with E-state index >= 15 is 0 Å². The summed E-state index contributed by atoms with van der Waals surface area (Å²) in [7, 11) is 0. The number of halogens is 2. The number of hydrogen-bond acceptors (Lipinski definition) is 7. The number of rotatable bonds is 5. The summed E-state index contributed by atoms with van der Waals surface area (Å²) in [5.74, 6) is 0.289. The fourth-order valence-electron chi connectivity index (χ4n) is 2.02. The predicted octanol–water partition coefficient (Wildman–Crippen LogP) is 3.39. The van der Waals surface area contributed by atoms with Crippen molar-refractivity contribution in [1.29, 1.82) is 0 Å². The number of thioether (sulfide) groups is 1. The summed E-state index contributed by atoms with van der Waals surface area (Å²) in [4.78, 5) is 26.3. The molecule has 24 heavy (non-hydrogen) atoms. The van der Waals surface area contributed by atoms with E-state index in [0.29, 0.717) is 33.3 Å². The van der Waals surface area contributed by atoms with Gasteiger partial charge in [0.05, 0.1) is 22.2 Å². The molecule has 0 aliphatic rings. The van der Waals surface area contributed by atoms with Crippen LogP contribution in [0.5, 0.6) is 0 Å². The zero-order chi connectivity index (χ0) is 16.4. The van der Waals surface area contributed by atoms with Crippen LogP contribution in [0.3, 0.4) is 0 Å². The number of nitrogens with zero attached hydrogens (tertiary/aromatic N) is 3. The number of aromatic nitrogens is 3. The third kappa shape index (κ3) is 4.07. The second-order valence-electron chi connectivity index (χ2n) is 4.78. The average molecular weight is 385 g/mol. The predicted molar refractivity (Wildman–Crippen MR) is 96.5 cm³/mol. The summed E-state index contributed by atoms with van der Waals surface area (Å²) in [6, 6.07) is 4.97. The van der Waals surface area contributed by atoms with Crippen LogP contribution < -0.4 is 5.73 Å². The van der Waals surface area contributed by atoms with Crippen molar-refractivity contribution in [3.05, 3.63) is 45.8 Å². The largest absolute Gasteiger partial charge is 0.326 e. The van der Waals surface area contributed by atoms with Gasteiger partial charge in [-0.3, -0.25) is 4.79 Å². The molecule has 5 nitrogen and oxygen atoms in total. The summed E-state index contributed by atoms with van der Waals surface area (Å²) in [6.45, 7) is 2.16. The van der Waals surface area contributed by atoms with E-state index in [4.69, 9.17) is 5.73 Å². The Morgan fingerprint density at radius 1 is 1.38 bits per heavy atom. The van der Waals surface area contributed by atoms with Gasteiger partial charge in [0, 0.05) is 11.4 Å². The number of carbonyl (C=O) groups excluding carboxylic acids is 1. The van der Waals surface area contributed by atoms with Crippen LogP contribution >= 0.6 is 35.5 Å². The molecule has 0 aliphatic heterocycles. The molecule has 0 aliphatic carbocycles. The smallest absolute Gasteiger partial charge is 0.183 e. The van der Waals surface area contributed by atoms with E-state index in [1.165, 1.54) is 29.2 Å². The topological polar surface area (TPSA) is 81.8 Å². The van der Waals surface area contributed by atoms with Gasteiger partial charge >= 0.3 is 0 Å². The minimum absolute atomic E-state index is 0. The molecule has 3 aromatic heterocycles. The Balaban J connectivity index is 0.00000208. The van der Waals surface area contributed by atoms with Crippen LogP contribution in [0, 0.1) is 12.7 Å². The SMILES string of the molecule is Cc1nc(SCC(=O)c2ccc(CN)s2)c2cc(F)cnc2n1.Cl. The molecule has 0 unspecified atom stereocenters. The van der Waals surface area contributed by atoms with Crippen LogP contribution in [0.25, 0.3) is 11.0 Å². The standard InChI is InChI=1S/C15H13FN4OS2.ClH/c1-8-19-14-11(4-9(16)6-18-14)15(20-8)22-7-12(21)13-3-2-10(5-17)23-13;/h2-4,6H,5,7,17H2,1H3;1H. The van der Waals surface area contributed by atoms with Gasteiger partial charge in [-0.2, -0.15) is 0 Å².